The summed E-state index contributed by atoms with van der Waals surface area (Å²) in [4.78, 5) is 0. The van der Waals surface area contributed by atoms with Gasteiger partial charge in [-0.2, -0.15) is 0 Å². The first-order valence-corrected chi connectivity index (χ1v) is 4.63. The maximum Gasteiger partial charge on any atom is -0.00489 e. The molecule has 0 amide bonds. The van der Waals surface area contributed by atoms with E-state index in [1.807, 2.05) is 14.1 Å². The molecule has 11 heavy (non-hydrogen) atoms. The summed E-state index contributed by atoms with van der Waals surface area (Å²) in [6, 6.07) is 0. The second kappa shape index (κ2) is 8.02. The molecule has 0 saturated heterocycles. The van der Waals surface area contributed by atoms with Crippen molar-refractivity contribution in [2.75, 3.05) is 20.6 Å². The zero-order valence-corrected chi connectivity index (χ0v) is 7.90. The van der Waals surface area contributed by atoms with Crippen molar-refractivity contribution in [1.82, 2.24) is 5.32 Å². The highest BCUT2D eigenvalue weighted by atomic mass is 14.7. The smallest absolute Gasteiger partial charge is 0.00489 e. The third-order valence-corrected chi connectivity index (χ3v) is 2.06. The molecule has 0 aliphatic heterocycles. The Bertz CT molecular complexity index is 68.0. The molecule has 0 aromatic carbocycles. The Morgan fingerprint density at radius 2 is 1.64 bits per heavy atom. The van der Waals surface area contributed by atoms with E-state index in [2.05, 4.69) is 5.32 Å². The lowest BCUT2D eigenvalue weighted by Gasteiger charge is -2.18. The second-order valence-electron chi connectivity index (χ2n) is 3.24. The van der Waals surface area contributed by atoms with Gasteiger partial charge in [0.25, 0.3) is 0 Å². The molecule has 2 nitrogen and oxygen atoms in total. The third-order valence-electron chi connectivity index (χ3n) is 2.06. The van der Waals surface area contributed by atoms with Crippen LogP contribution in [0.3, 0.4) is 0 Å². The largest absolute Gasteiger partial charge is 0.330 e. The van der Waals surface area contributed by atoms with Crippen LogP contribution in [0.15, 0.2) is 0 Å². The van der Waals surface area contributed by atoms with Gasteiger partial charge in [-0.15, -0.1) is 0 Å². The monoisotopic (exact) mass is 158 g/mol. The summed E-state index contributed by atoms with van der Waals surface area (Å²) in [5.74, 6) is 0.865. The van der Waals surface area contributed by atoms with Crippen molar-refractivity contribution in [2.24, 2.45) is 11.7 Å². The molecule has 0 spiro atoms. The number of hydrogen-bond acceptors (Lipinski definition) is 2. The summed E-state index contributed by atoms with van der Waals surface area (Å²) in [5.41, 5.74) is 5.50. The van der Waals surface area contributed by atoms with Gasteiger partial charge in [0.05, 0.1) is 0 Å². The number of nitrogens with two attached hydrogens (primary N) is 1. The first kappa shape index (κ1) is 10.9. The molecule has 0 unspecified atom stereocenters. The fourth-order valence-corrected chi connectivity index (χ4v) is 1.42. The summed E-state index contributed by atoms with van der Waals surface area (Å²) in [6.45, 7) is 0.917. The molecule has 0 radical (unpaired) electrons. The molecule has 1 aliphatic rings. The predicted molar refractivity (Wildman–Crippen MR) is 50.6 cm³/mol. The average molecular weight is 158 g/mol. The van der Waals surface area contributed by atoms with Crippen molar-refractivity contribution in [1.29, 1.82) is 0 Å². The lowest BCUT2D eigenvalue weighted by atomic mass is 9.90. The molecule has 1 fully saturated rings. The van der Waals surface area contributed by atoms with E-state index in [0.29, 0.717) is 0 Å². The maximum absolute atomic E-state index is 5.50. The van der Waals surface area contributed by atoms with Gasteiger partial charge in [-0.05, 0) is 39.4 Å². The van der Waals surface area contributed by atoms with Gasteiger partial charge >= 0.3 is 0 Å². The molecule has 0 atom stereocenters. The Kier molecular flexibility index (Phi) is 7.96. The fraction of sp³-hybridized carbons (Fsp3) is 1.00. The van der Waals surface area contributed by atoms with Gasteiger partial charge in [0.15, 0.2) is 0 Å². The molecule has 0 bridgehead atoms. The molecule has 0 aromatic rings. The Morgan fingerprint density at radius 3 is 1.91 bits per heavy atom. The summed E-state index contributed by atoms with van der Waals surface area (Å²) in [7, 11) is 3.75. The minimum absolute atomic E-state index is 0.865. The van der Waals surface area contributed by atoms with E-state index >= 15 is 0 Å². The van der Waals surface area contributed by atoms with Crippen LogP contribution in [0.25, 0.3) is 0 Å². The van der Waals surface area contributed by atoms with Gasteiger partial charge in [-0.25, -0.2) is 0 Å². The van der Waals surface area contributed by atoms with Crippen LogP contribution in [-0.4, -0.2) is 20.6 Å². The van der Waals surface area contributed by atoms with E-state index in [-0.39, 0.29) is 0 Å². The Morgan fingerprint density at radius 1 is 1.18 bits per heavy atom. The van der Waals surface area contributed by atoms with E-state index in [9.17, 15) is 0 Å². The summed E-state index contributed by atoms with van der Waals surface area (Å²) in [5, 5.41) is 2.75. The minimum Gasteiger partial charge on any atom is -0.330 e. The highest BCUT2D eigenvalue weighted by Gasteiger charge is 2.09. The molecule has 3 N–H and O–H groups in total. The van der Waals surface area contributed by atoms with Crippen LogP contribution in [0.1, 0.15) is 32.1 Å². The first-order valence-electron chi connectivity index (χ1n) is 4.63. The van der Waals surface area contributed by atoms with E-state index in [4.69, 9.17) is 5.73 Å². The van der Waals surface area contributed by atoms with E-state index in [1.54, 1.807) is 0 Å². The van der Waals surface area contributed by atoms with E-state index < -0.39 is 0 Å². The second-order valence-corrected chi connectivity index (χ2v) is 3.24. The normalized spacial score (nSPS) is 18.8. The van der Waals surface area contributed by atoms with Crippen LogP contribution < -0.4 is 11.1 Å². The van der Waals surface area contributed by atoms with Crippen molar-refractivity contribution < 1.29 is 0 Å². The first-order chi connectivity index (χ1) is 5.35. The van der Waals surface area contributed by atoms with Gasteiger partial charge in [0, 0.05) is 0 Å². The Labute approximate surface area is 70.5 Å². The molecular formula is C9H22N2. The van der Waals surface area contributed by atoms with Crippen molar-refractivity contribution in [3.63, 3.8) is 0 Å². The molecule has 1 aliphatic carbocycles. The zero-order chi connectivity index (χ0) is 8.53. The lowest BCUT2D eigenvalue weighted by molar-refractivity contribution is 0.366. The third kappa shape index (κ3) is 6.32. The van der Waals surface area contributed by atoms with Crippen molar-refractivity contribution in [2.45, 2.75) is 32.1 Å². The standard InChI is InChI=1S/C7H15N.C2H7N/c8-6-7-4-2-1-3-5-7;1-3-2/h7H,1-6,8H2;3H,1-2H3. The maximum atomic E-state index is 5.50. The van der Waals surface area contributed by atoms with E-state index in [0.717, 1.165) is 12.5 Å². The van der Waals surface area contributed by atoms with Crippen molar-refractivity contribution in [3.05, 3.63) is 0 Å². The summed E-state index contributed by atoms with van der Waals surface area (Å²) >= 11 is 0. The molecule has 1 saturated carbocycles. The van der Waals surface area contributed by atoms with E-state index in [1.165, 1.54) is 32.1 Å². The highest BCUT2D eigenvalue weighted by molar-refractivity contribution is 4.65. The van der Waals surface area contributed by atoms with Gasteiger partial charge in [-0.3, -0.25) is 0 Å². The van der Waals surface area contributed by atoms with Crippen molar-refractivity contribution in [3.8, 4) is 0 Å². The van der Waals surface area contributed by atoms with Crippen LogP contribution in [0, 0.1) is 5.92 Å². The van der Waals surface area contributed by atoms with Crippen LogP contribution in [0.5, 0.6) is 0 Å². The molecular weight excluding hydrogens is 136 g/mol. The van der Waals surface area contributed by atoms with Crippen LogP contribution in [0.2, 0.25) is 0 Å². The molecule has 0 aromatic heterocycles. The topological polar surface area (TPSA) is 38.0 Å². The van der Waals surface area contributed by atoms with Crippen molar-refractivity contribution >= 4 is 0 Å². The summed E-state index contributed by atoms with van der Waals surface area (Å²) < 4.78 is 0. The van der Waals surface area contributed by atoms with Gasteiger partial charge in [0.1, 0.15) is 0 Å². The predicted octanol–water partition coefficient (Wildman–Crippen LogP) is 1.36. The number of rotatable bonds is 1. The molecule has 68 valence electrons. The SMILES string of the molecule is CNC.NCC1CCCCC1. The quantitative estimate of drug-likeness (QED) is 0.604. The Balaban J connectivity index is 0.000000292. The number of hydrogen-bond donors (Lipinski definition) is 2. The van der Waals surface area contributed by atoms with Gasteiger partial charge in [-0.1, -0.05) is 19.3 Å². The summed E-state index contributed by atoms with van der Waals surface area (Å²) in [6.07, 6.45) is 7.05. The Hall–Kier alpha value is -0.0800. The number of nitrogens with one attached hydrogen (secondary N) is 1. The molecule has 0 heterocycles. The van der Waals surface area contributed by atoms with Gasteiger partial charge < -0.3 is 11.1 Å². The molecule has 1 rings (SSSR count). The van der Waals surface area contributed by atoms with Crippen LogP contribution in [-0.2, 0) is 0 Å². The molecule has 2 heteroatoms. The lowest BCUT2D eigenvalue weighted by Crippen LogP contribution is -2.16. The average Bonchev–Trinajstić information content (AvgIpc) is 2.08. The minimum atomic E-state index is 0.865. The van der Waals surface area contributed by atoms with Gasteiger partial charge in [0.2, 0.25) is 0 Å². The highest BCUT2D eigenvalue weighted by Crippen LogP contribution is 2.21. The van der Waals surface area contributed by atoms with Crippen LogP contribution in [0.4, 0.5) is 0 Å². The fourth-order valence-electron chi connectivity index (χ4n) is 1.42. The zero-order valence-electron chi connectivity index (χ0n) is 7.90. The van der Waals surface area contributed by atoms with Crippen LogP contribution >= 0.6 is 0 Å².